The predicted octanol–water partition coefficient (Wildman–Crippen LogP) is 0.520. The molecule has 1 aromatic heterocycles. The number of nitrogens with zero attached hydrogens (tertiary/aromatic N) is 3. The highest BCUT2D eigenvalue weighted by Gasteiger charge is 2.41. The van der Waals surface area contributed by atoms with Crippen molar-refractivity contribution in [2.75, 3.05) is 30.5 Å². The number of nitrogen functional groups attached to an aromatic ring is 1. The Hall–Kier alpha value is -1.67. The first-order valence-electron chi connectivity index (χ1n) is 6.91. The van der Waals surface area contributed by atoms with Crippen molar-refractivity contribution < 1.29 is 9.84 Å². The Morgan fingerprint density at radius 1 is 1.30 bits per heavy atom. The van der Waals surface area contributed by atoms with E-state index in [1.807, 2.05) is 6.92 Å². The van der Waals surface area contributed by atoms with Gasteiger partial charge in [0.25, 0.3) is 0 Å². The molecule has 0 saturated heterocycles. The lowest BCUT2D eigenvalue weighted by Crippen LogP contribution is -2.20. The fourth-order valence-electron chi connectivity index (χ4n) is 1.95. The molecule has 0 atom stereocenters. The average Bonchev–Trinajstić information content (AvgIpc) is 3.23. The molecular formula is C12H22N6O2. The minimum absolute atomic E-state index is 0.183. The molecule has 1 aromatic rings. The molecule has 1 fully saturated rings. The molecule has 0 radical (unpaired) electrons. The first-order valence-corrected chi connectivity index (χ1v) is 6.91. The van der Waals surface area contributed by atoms with Crippen molar-refractivity contribution in [2.45, 2.75) is 32.6 Å². The highest BCUT2D eigenvalue weighted by atomic mass is 16.5. The van der Waals surface area contributed by atoms with Crippen molar-refractivity contribution in [1.29, 1.82) is 0 Å². The van der Waals surface area contributed by atoms with Crippen molar-refractivity contribution >= 4 is 11.9 Å². The van der Waals surface area contributed by atoms with Crippen LogP contribution in [0.2, 0.25) is 0 Å². The fraction of sp³-hybridized carbons (Fsp3) is 0.750. The molecule has 0 bridgehead atoms. The molecule has 8 nitrogen and oxygen atoms in total. The summed E-state index contributed by atoms with van der Waals surface area (Å²) in [6, 6.07) is 0.254. The van der Waals surface area contributed by atoms with Gasteiger partial charge in [-0.3, -0.25) is 5.43 Å². The molecule has 0 spiro atoms. The largest absolute Gasteiger partial charge is 0.463 e. The van der Waals surface area contributed by atoms with E-state index in [0.717, 1.165) is 32.2 Å². The lowest BCUT2D eigenvalue weighted by Gasteiger charge is -2.15. The van der Waals surface area contributed by atoms with E-state index in [0.29, 0.717) is 12.6 Å². The maximum absolute atomic E-state index is 9.05. The maximum Gasteiger partial charge on any atom is 0.323 e. The van der Waals surface area contributed by atoms with Crippen LogP contribution in [0.15, 0.2) is 0 Å². The van der Waals surface area contributed by atoms with Gasteiger partial charge in [-0.15, -0.1) is 0 Å². The smallest absolute Gasteiger partial charge is 0.323 e. The Morgan fingerprint density at radius 2 is 2.05 bits per heavy atom. The summed E-state index contributed by atoms with van der Waals surface area (Å²) in [5.41, 5.74) is 2.58. The van der Waals surface area contributed by atoms with Gasteiger partial charge >= 0.3 is 6.01 Å². The van der Waals surface area contributed by atoms with Crippen molar-refractivity contribution in [3.8, 4) is 6.01 Å². The lowest BCUT2D eigenvalue weighted by molar-refractivity contribution is 0.253. The molecule has 2 rings (SSSR count). The van der Waals surface area contributed by atoms with Gasteiger partial charge in [-0.1, -0.05) is 6.92 Å². The number of anilines is 2. The summed E-state index contributed by atoms with van der Waals surface area (Å²) in [5.74, 6) is 6.04. The molecule has 1 aliphatic carbocycles. The van der Waals surface area contributed by atoms with E-state index in [2.05, 4.69) is 25.7 Å². The van der Waals surface area contributed by atoms with Crippen molar-refractivity contribution in [1.82, 2.24) is 15.0 Å². The van der Waals surface area contributed by atoms with Crippen LogP contribution in [0, 0.1) is 5.41 Å². The molecular weight excluding hydrogens is 260 g/mol. The summed E-state index contributed by atoms with van der Waals surface area (Å²) in [4.78, 5) is 12.4. The van der Waals surface area contributed by atoms with Gasteiger partial charge in [0.2, 0.25) is 11.9 Å². The standard InChI is InChI=1S/C12H22N6O2/c1-2-7-20-11-16-9(15-10(17-11)18-13)14-8-12(3-4-12)5-6-19/h19H,2-8,13H2,1H3,(H2,14,15,16,17,18). The summed E-state index contributed by atoms with van der Waals surface area (Å²) in [5, 5.41) is 12.2. The van der Waals surface area contributed by atoms with Crippen LogP contribution in [0.25, 0.3) is 0 Å². The number of hydrogen-bond acceptors (Lipinski definition) is 8. The van der Waals surface area contributed by atoms with Crippen LogP contribution in [0.3, 0.4) is 0 Å². The minimum atomic E-state index is 0.183. The van der Waals surface area contributed by atoms with E-state index in [1.54, 1.807) is 0 Å². The minimum Gasteiger partial charge on any atom is -0.463 e. The SMILES string of the molecule is CCCOc1nc(NN)nc(NCC2(CCO)CC2)n1. The number of aliphatic hydroxyl groups is 1. The molecule has 5 N–H and O–H groups in total. The number of aromatic nitrogens is 3. The Labute approximate surface area is 118 Å². The predicted molar refractivity (Wildman–Crippen MR) is 75.3 cm³/mol. The van der Waals surface area contributed by atoms with E-state index in [1.165, 1.54) is 0 Å². The number of nitrogens with one attached hydrogen (secondary N) is 2. The van der Waals surface area contributed by atoms with Gasteiger partial charge in [0.05, 0.1) is 6.61 Å². The Bertz CT molecular complexity index is 438. The Balaban J connectivity index is 1.99. The normalized spacial score (nSPS) is 15.8. The first-order chi connectivity index (χ1) is 9.71. The van der Waals surface area contributed by atoms with Crippen LogP contribution in [0.4, 0.5) is 11.9 Å². The highest BCUT2D eigenvalue weighted by molar-refractivity contribution is 5.35. The average molecular weight is 282 g/mol. The van der Waals surface area contributed by atoms with E-state index in [-0.39, 0.29) is 24.0 Å². The van der Waals surface area contributed by atoms with Gasteiger partial charge in [-0.2, -0.15) is 15.0 Å². The Kier molecular flexibility index (Phi) is 4.91. The summed E-state index contributed by atoms with van der Waals surface area (Å²) in [6.45, 7) is 3.49. The number of nitrogens with two attached hydrogens (primary N) is 1. The zero-order valence-corrected chi connectivity index (χ0v) is 11.7. The summed E-state index contributed by atoms with van der Waals surface area (Å²) in [7, 11) is 0. The van der Waals surface area contributed by atoms with E-state index >= 15 is 0 Å². The third kappa shape index (κ3) is 3.91. The van der Waals surface area contributed by atoms with Crippen LogP contribution in [-0.4, -0.2) is 39.8 Å². The second kappa shape index (κ2) is 6.67. The topological polar surface area (TPSA) is 118 Å². The number of hydrazine groups is 1. The third-order valence-electron chi connectivity index (χ3n) is 3.40. The summed E-state index contributed by atoms with van der Waals surface area (Å²) in [6.07, 6.45) is 3.91. The molecule has 112 valence electrons. The number of ether oxygens (including phenoxy) is 1. The number of hydrogen-bond donors (Lipinski definition) is 4. The molecule has 0 amide bonds. The molecule has 0 unspecified atom stereocenters. The molecule has 8 heteroatoms. The van der Waals surface area contributed by atoms with Crippen molar-refractivity contribution in [2.24, 2.45) is 11.3 Å². The quantitative estimate of drug-likeness (QED) is 0.382. The van der Waals surface area contributed by atoms with Gasteiger partial charge in [-0.05, 0) is 31.1 Å². The summed E-state index contributed by atoms with van der Waals surface area (Å²) < 4.78 is 5.40. The number of rotatable bonds is 9. The van der Waals surface area contributed by atoms with Gasteiger partial charge in [0.15, 0.2) is 0 Å². The van der Waals surface area contributed by atoms with Crippen LogP contribution in [0.1, 0.15) is 32.6 Å². The van der Waals surface area contributed by atoms with Crippen LogP contribution in [-0.2, 0) is 0 Å². The van der Waals surface area contributed by atoms with Crippen molar-refractivity contribution in [3.63, 3.8) is 0 Å². The van der Waals surface area contributed by atoms with Gasteiger partial charge in [-0.25, -0.2) is 5.84 Å². The van der Waals surface area contributed by atoms with Gasteiger partial charge in [0, 0.05) is 13.2 Å². The molecule has 0 aromatic carbocycles. The van der Waals surface area contributed by atoms with E-state index in [4.69, 9.17) is 15.7 Å². The van der Waals surface area contributed by atoms with Gasteiger partial charge in [0.1, 0.15) is 0 Å². The lowest BCUT2D eigenvalue weighted by atomic mass is 10.0. The molecule has 20 heavy (non-hydrogen) atoms. The second-order valence-electron chi connectivity index (χ2n) is 5.09. The molecule has 1 aliphatic rings. The highest BCUT2D eigenvalue weighted by Crippen LogP contribution is 2.48. The fourth-order valence-corrected chi connectivity index (χ4v) is 1.95. The molecule has 0 aliphatic heterocycles. The summed E-state index contributed by atoms with van der Waals surface area (Å²) >= 11 is 0. The molecule has 1 heterocycles. The zero-order valence-electron chi connectivity index (χ0n) is 11.7. The van der Waals surface area contributed by atoms with E-state index in [9.17, 15) is 0 Å². The second-order valence-corrected chi connectivity index (χ2v) is 5.09. The van der Waals surface area contributed by atoms with Crippen LogP contribution >= 0.6 is 0 Å². The molecule has 1 saturated carbocycles. The van der Waals surface area contributed by atoms with Gasteiger partial charge < -0.3 is 15.2 Å². The number of aliphatic hydroxyl groups excluding tert-OH is 1. The Morgan fingerprint density at radius 3 is 2.65 bits per heavy atom. The monoisotopic (exact) mass is 282 g/mol. The van der Waals surface area contributed by atoms with Crippen LogP contribution < -0.4 is 21.3 Å². The van der Waals surface area contributed by atoms with E-state index < -0.39 is 0 Å². The van der Waals surface area contributed by atoms with Crippen LogP contribution in [0.5, 0.6) is 6.01 Å². The first kappa shape index (κ1) is 14.7. The third-order valence-corrected chi connectivity index (χ3v) is 3.40. The zero-order chi connectivity index (χ0) is 14.4. The van der Waals surface area contributed by atoms with Crippen molar-refractivity contribution in [3.05, 3.63) is 0 Å². The maximum atomic E-state index is 9.05.